The first kappa shape index (κ1) is 16.6. The second-order valence-electron chi connectivity index (χ2n) is 6.36. The Balaban J connectivity index is 1.59. The summed E-state index contributed by atoms with van der Waals surface area (Å²) in [5.41, 5.74) is -1.68. The number of aliphatic hydroxyl groups is 1. The van der Waals surface area contributed by atoms with Crippen molar-refractivity contribution in [2.75, 3.05) is 13.1 Å². The minimum Gasteiger partial charge on any atom is -0.380 e. The molecule has 1 amide bonds. The Bertz CT molecular complexity index is 612. The van der Waals surface area contributed by atoms with E-state index in [4.69, 9.17) is 11.6 Å². The van der Waals surface area contributed by atoms with Gasteiger partial charge in [0.2, 0.25) is 5.91 Å². The monoisotopic (exact) mass is 347 g/mol. The van der Waals surface area contributed by atoms with E-state index in [1.54, 1.807) is 6.07 Å². The molecule has 2 atom stereocenters. The Morgan fingerprint density at radius 3 is 2.52 bits per heavy atom. The molecule has 1 aromatic rings. The molecular weight excluding hydrogens is 331 g/mol. The molecule has 3 nitrogen and oxygen atoms in total. The van der Waals surface area contributed by atoms with Crippen molar-refractivity contribution in [3.8, 4) is 0 Å². The number of hydrogen-bond acceptors (Lipinski definition) is 2. The van der Waals surface area contributed by atoms with Crippen LogP contribution >= 0.6 is 11.6 Å². The number of likely N-dealkylation sites (tertiary alicyclic amines) is 1. The van der Waals surface area contributed by atoms with Crippen molar-refractivity contribution in [3.63, 3.8) is 0 Å². The van der Waals surface area contributed by atoms with E-state index in [-0.39, 0.29) is 30.8 Å². The highest BCUT2D eigenvalue weighted by Crippen LogP contribution is 2.49. The van der Waals surface area contributed by atoms with E-state index in [0.29, 0.717) is 11.4 Å². The lowest BCUT2D eigenvalue weighted by Crippen LogP contribution is -2.54. The number of nitrogens with zero attached hydrogens (tertiary/aromatic N) is 1. The Labute approximate surface area is 137 Å². The van der Waals surface area contributed by atoms with Crippen LogP contribution in [-0.4, -0.2) is 40.8 Å². The number of carbonyl (C=O) groups excluding carboxylic acids is 1. The first-order valence-electron chi connectivity index (χ1n) is 7.55. The van der Waals surface area contributed by atoms with Gasteiger partial charge in [0.1, 0.15) is 0 Å². The maximum atomic E-state index is 12.8. The molecule has 1 heterocycles. The molecule has 23 heavy (non-hydrogen) atoms. The predicted octanol–water partition coefficient (Wildman–Crippen LogP) is 3.36. The van der Waals surface area contributed by atoms with Gasteiger partial charge in [0.25, 0.3) is 0 Å². The van der Waals surface area contributed by atoms with Crippen molar-refractivity contribution in [2.24, 2.45) is 5.92 Å². The SMILES string of the molecule is O=C(C1CC1c1cccc(Cl)c1)N1CCC(O)(C(F)(F)F)CC1. The summed E-state index contributed by atoms with van der Waals surface area (Å²) in [5.74, 6) is -0.227. The van der Waals surface area contributed by atoms with Gasteiger partial charge in [-0.1, -0.05) is 23.7 Å². The topological polar surface area (TPSA) is 40.5 Å². The summed E-state index contributed by atoms with van der Waals surface area (Å²) in [6, 6.07) is 7.30. The zero-order valence-corrected chi connectivity index (χ0v) is 13.1. The molecule has 1 aromatic carbocycles. The van der Waals surface area contributed by atoms with E-state index in [9.17, 15) is 23.1 Å². The van der Waals surface area contributed by atoms with Crippen LogP contribution in [0.1, 0.15) is 30.7 Å². The summed E-state index contributed by atoms with van der Waals surface area (Å²) in [4.78, 5) is 13.9. The number of halogens is 4. The van der Waals surface area contributed by atoms with E-state index in [2.05, 4.69) is 0 Å². The zero-order valence-electron chi connectivity index (χ0n) is 12.3. The number of alkyl halides is 3. The van der Waals surface area contributed by atoms with Crippen molar-refractivity contribution in [1.82, 2.24) is 4.90 Å². The largest absolute Gasteiger partial charge is 0.417 e. The lowest BCUT2D eigenvalue weighted by atomic mass is 9.90. The molecular formula is C16H17ClF3NO2. The van der Waals surface area contributed by atoms with Crippen LogP contribution in [0.5, 0.6) is 0 Å². The highest BCUT2D eigenvalue weighted by Gasteiger charge is 2.56. The number of piperidine rings is 1. The normalized spacial score (nSPS) is 26.9. The van der Waals surface area contributed by atoms with Crippen molar-refractivity contribution in [1.29, 1.82) is 0 Å². The molecule has 0 spiro atoms. The molecule has 0 bridgehead atoms. The highest BCUT2D eigenvalue weighted by molar-refractivity contribution is 6.30. The molecule has 2 unspecified atom stereocenters. The molecule has 2 aliphatic rings. The number of rotatable bonds is 2. The van der Waals surface area contributed by atoms with Crippen LogP contribution in [0.15, 0.2) is 24.3 Å². The standard InChI is InChI=1S/C16H17ClF3NO2/c17-11-3-1-2-10(8-11)12-9-13(12)14(22)21-6-4-15(23,5-7-21)16(18,19)20/h1-3,8,12-13,23H,4-7,9H2. The average Bonchev–Trinajstić information content (AvgIpc) is 3.27. The van der Waals surface area contributed by atoms with E-state index >= 15 is 0 Å². The molecule has 1 aliphatic carbocycles. The molecule has 1 saturated carbocycles. The zero-order chi connectivity index (χ0) is 16.8. The molecule has 0 radical (unpaired) electrons. The minimum absolute atomic E-state index is 0.0619. The smallest absolute Gasteiger partial charge is 0.380 e. The summed E-state index contributed by atoms with van der Waals surface area (Å²) in [6.07, 6.45) is -4.88. The van der Waals surface area contributed by atoms with Crippen LogP contribution in [0.25, 0.3) is 0 Å². The maximum absolute atomic E-state index is 12.8. The van der Waals surface area contributed by atoms with Crippen molar-refractivity contribution < 1.29 is 23.1 Å². The van der Waals surface area contributed by atoms with Crippen molar-refractivity contribution >= 4 is 17.5 Å². The first-order valence-corrected chi connectivity index (χ1v) is 7.92. The van der Waals surface area contributed by atoms with E-state index in [0.717, 1.165) is 5.56 Å². The van der Waals surface area contributed by atoms with Gasteiger partial charge < -0.3 is 10.0 Å². The van der Waals surface area contributed by atoms with Crippen LogP contribution in [-0.2, 0) is 4.79 Å². The molecule has 1 saturated heterocycles. The van der Waals surface area contributed by atoms with Crippen LogP contribution in [0.4, 0.5) is 13.2 Å². The third-order valence-corrected chi connectivity index (χ3v) is 5.05. The van der Waals surface area contributed by atoms with Crippen molar-refractivity contribution in [2.45, 2.75) is 37.0 Å². The van der Waals surface area contributed by atoms with Gasteiger partial charge in [0.15, 0.2) is 5.60 Å². The molecule has 0 aromatic heterocycles. The lowest BCUT2D eigenvalue weighted by molar-refractivity contribution is -0.272. The Morgan fingerprint density at radius 2 is 1.96 bits per heavy atom. The number of hydrogen-bond donors (Lipinski definition) is 1. The Morgan fingerprint density at radius 1 is 1.30 bits per heavy atom. The fourth-order valence-corrected chi connectivity index (χ4v) is 3.39. The van der Waals surface area contributed by atoms with Gasteiger partial charge in [0.05, 0.1) is 0 Å². The maximum Gasteiger partial charge on any atom is 0.417 e. The molecule has 126 valence electrons. The number of carbonyl (C=O) groups is 1. The summed E-state index contributed by atoms with van der Waals surface area (Å²) < 4.78 is 38.3. The molecule has 3 rings (SSSR count). The Kier molecular flexibility index (Phi) is 4.09. The molecule has 1 aliphatic heterocycles. The van der Waals surface area contributed by atoms with Gasteiger partial charge in [-0.25, -0.2) is 0 Å². The minimum atomic E-state index is -4.65. The summed E-state index contributed by atoms with van der Waals surface area (Å²) in [7, 11) is 0. The van der Waals surface area contributed by atoms with Crippen LogP contribution in [0.2, 0.25) is 5.02 Å². The van der Waals surface area contributed by atoms with Gasteiger partial charge in [-0.2, -0.15) is 13.2 Å². The third kappa shape index (κ3) is 3.19. The van der Waals surface area contributed by atoms with Gasteiger partial charge >= 0.3 is 6.18 Å². The van der Waals surface area contributed by atoms with Gasteiger partial charge in [0, 0.05) is 36.9 Å². The molecule has 2 fully saturated rings. The van der Waals surface area contributed by atoms with Crippen LogP contribution < -0.4 is 0 Å². The van der Waals surface area contributed by atoms with Gasteiger partial charge in [-0.05, 0) is 30.0 Å². The van der Waals surface area contributed by atoms with E-state index in [1.165, 1.54) is 4.90 Å². The van der Waals surface area contributed by atoms with Gasteiger partial charge in [-0.15, -0.1) is 0 Å². The van der Waals surface area contributed by atoms with Crippen LogP contribution in [0.3, 0.4) is 0 Å². The van der Waals surface area contributed by atoms with Crippen molar-refractivity contribution in [3.05, 3.63) is 34.9 Å². The number of benzene rings is 1. The summed E-state index contributed by atoms with van der Waals surface area (Å²) >= 11 is 5.94. The summed E-state index contributed by atoms with van der Waals surface area (Å²) in [5, 5.41) is 10.2. The second-order valence-corrected chi connectivity index (χ2v) is 6.79. The van der Waals surface area contributed by atoms with Crippen LogP contribution in [0, 0.1) is 5.92 Å². The van der Waals surface area contributed by atoms with Gasteiger partial charge in [-0.3, -0.25) is 4.79 Å². The predicted molar refractivity (Wildman–Crippen MR) is 79.1 cm³/mol. The second kappa shape index (κ2) is 5.67. The quantitative estimate of drug-likeness (QED) is 0.891. The first-order chi connectivity index (χ1) is 10.7. The fraction of sp³-hybridized carbons (Fsp3) is 0.562. The van der Waals surface area contributed by atoms with E-state index < -0.39 is 24.6 Å². The molecule has 7 heteroatoms. The Hall–Kier alpha value is -1.27. The third-order valence-electron chi connectivity index (χ3n) is 4.81. The highest BCUT2D eigenvalue weighted by atomic mass is 35.5. The fourth-order valence-electron chi connectivity index (χ4n) is 3.19. The lowest BCUT2D eigenvalue weighted by Gasteiger charge is -2.39. The summed E-state index contributed by atoms with van der Waals surface area (Å²) in [6.45, 7) is -0.124. The molecule has 1 N–H and O–H groups in total. The number of amides is 1. The van der Waals surface area contributed by atoms with E-state index in [1.807, 2.05) is 18.2 Å². The average molecular weight is 348 g/mol.